The van der Waals surface area contributed by atoms with Crippen LogP contribution in [0.25, 0.3) is 0 Å². The number of hydrogen-bond acceptors (Lipinski definition) is 4. The summed E-state index contributed by atoms with van der Waals surface area (Å²) in [4.78, 5) is 10.9. The predicted octanol–water partition coefficient (Wildman–Crippen LogP) is 2.46. The third-order valence-corrected chi connectivity index (χ3v) is 2.66. The van der Waals surface area contributed by atoms with Crippen molar-refractivity contribution in [2.75, 3.05) is 13.7 Å². The van der Waals surface area contributed by atoms with Crippen molar-refractivity contribution in [2.45, 2.75) is 32.3 Å². The minimum Gasteiger partial charge on any atom is -0.494 e. The Morgan fingerprint density at radius 3 is 2.56 bits per heavy atom. The van der Waals surface area contributed by atoms with Gasteiger partial charge in [0.25, 0.3) is 0 Å². The molecule has 0 radical (unpaired) electrons. The van der Waals surface area contributed by atoms with E-state index in [0.29, 0.717) is 25.9 Å². The van der Waals surface area contributed by atoms with Gasteiger partial charge in [-0.3, -0.25) is 4.79 Å². The smallest absolute Gasteiger partial charge is 0.305 e. The van der Waals surface area contributed by atoms with Crippen molar-refractivity contribution in [3.05, 3.63) is 29.8 Å². The lowest BCUT2D eigenvalue weighted by Gasteiger charge is -2.11. The number of ether oxygens (including phenoxy) is 2. The first-order valence-corrected chi connectivity index (χ1v) is 6.15. The molecule has 0 aliphatic rings. The highest BCUT2D eigenvalue weighted by atomic mass is 16.5. The highest BCUT2D eigenvalue weighted by Crippen LogP contribution is 2.22. The van der Waals surface area contributed by atoms with Crippen LogP contribution in [-0.4, -0.2) is 24.8 Å². The molecule has 0 amide bonds. The molecule has 0 heterocycles. The summed E-state index contributed by atoms with van der Waals surface area (Å²) in [6.07, 6.45) is 0.944. The van der Waals surface area contributed by atoms with E-state index in [4.69, 9.17) is 4.74 Å². The third kappa shape index (κ3) is 4.75. The van der Waals surface area contributed by atoms with Crippen LogP contribution in [0.3, 0.4) is 0 Å². The first-order valence-electron chi connectivity index (χ1n) is 6.15. The van der Waals surface area contributed by atoms with Gasteiger partial charge in [0.05, 0.1) is 19.8 Å². The minimum absolute atomic E-state index is 0.242. The maximum Gasteiger partial charge on any atom is 0.305 e. The molecule has 0 aliphatic heterocycles. The van der Waals surface area contributed by atoms with E-state index in [1.807, 2.05) is 31.2 Å². The fourth-order valence-electron chi connectivity index (χ4n) is 1.66. The fraction of sp³-hybridized carbons (Fsp3) is 0.500. The zero-order valence-electron chi connectivity index (χ0n) is 10.9. The van der Waals surface area contributed by atoms with Gasteiger partial charge in [0, 0.05) is 6.42 Å². The predicted molar refractivity (Wildman–Crippen MR) is 68.4 cm³/mol. The summed E-state index contributed by atoms with van der Waals surface area (Å²) in [5.41, 5.74) is 0.836. The summed E-state index contributed by atoms with van der Waals surface area (Å²) in [6, 6.07) is 7.35. The van der Waals surface area contributed by atoms with E-state index in [2.05, 4.69) is 4.74 Å². The summed E-state index contributed by atoms with van der Waals surface area (Å²) in [5.74, 6) is 0.553. The normalized spacial score (nSPS) is 11.9. The molecular formula is C14H20O4. The molecule has 4 nitrogen and oxygen atoms in total. The summed E-state index contributed by atoms with van der Waals surface area (Å²) in [6.45, 7) is 2.55. The number of carbonyl (C=O) groups excluding carboxylic acids is 1. The minimum atomic E-state index is -0.551. The monoisotopic (exact) mass is 252 g/mol. The first kappa shape index (κ1) is 14.5. The Morgan fingerprint density at radius 1 is 1.33 bits per heavy atom. The summed E-state index contributed by atoms with van der Waals surface area (Å²) in [7, 11) is 1.37. The van der Waals surface area contributed by atoms with Crippen molar-refractivity contribution in [2.24, 2.45) is 0 Å². The summed E-state index contributed by atoms with van der Waals surface area (Å²) in [5, 5.41) is 9.93. The lowest BCUT2D eigenvalue weighted by molar-refractivity contribution is -0.140. The molecule has 1 unspecified atom stereocenters. The molecule has 0 saturated carbocycles. The lowest BCUT2D eigenvalue weighted by atomic mass is 10.0. The summed E-state index contributed by atoms with van der Waals surface area (Å²) >= 11 is 0. The average Bonchev–Trinajstić information content (AvgIpc) is 2.39. The van der Waals surface area contributed by atoms with Crippen LogP contribution < -0.4 is 4.74 Å². The number of hydrogen-bond donors (Lipinski definition) is 1. The molecule has 0 spiro atoms. The van der Waals surface area contributed by atoms with Crippen molar-refractivity contribution in [3.63, 3.8) is 0 Å². The fourth-order valence-corrected chi connectivity index (χ4v) is 1.66. The van der Waals surface area contributed by atoms with Crippen molar-refractivity contribution >= 4 is 5.97 Å². The van der Waals surface area contributed by atoms with E-state index in [-0.39, 0.29) is 5.97 Å². The number of aliphatic hydroxyl groups excluding tert-OH is 1. The zero-order chi connectivity index (χ0) is 13.4. The van der Waals surface area contributed by atoms with Gasteiger partial charge in [-0.1, -0.05) is 12.1 Å². The molecule has 4 heteroatoms. The van der Waals surface area contributed by atoms with Crippen molar-refractivity contribution in [1.82, 2.24) is 0 Å². The van der Waals surface area contributed by atoms with Gasteiger partial charge >= 0.3 is 5.97 Å². The number of benzene rings is 1. The van der Waals surface area contributed by atoms with Gasteiger partial charge in [0.1, 0.15) is 5.75 Å². The third-order valence-electron chi connectivity index (χ3n) is 2.66. The van der Waals surface area contributed by atoms with Crippen molar-refractivity contribution < 1.29 is 19.4 Å². The van der Waals surface area contributed by atoms with Gasteiger partial charge in [-0.05, 0) is 37.5 Å². The van der Waals surface area contributed by atoms with Crippen molar-refractivity contribution in [3.8, 4) is 5.75 Å². The molecule has 18 heavy (non-hydrogen) atoms. The number of esters is 1. The Kier molecular flexibility index (Phi) is 6.22. The second-order valence-electron chi connectivity index (χ2n) is 3.99. The number of aliphatic hydroxyl groups is 1. The molecule has 1 aromatic rings. The maximum atomic E-state index is 10.9. The molecule has 0 saturated heterocycles. The number of methoxy groups -OCH3 is 1. The van der Waals surface area contributed by atoms with Gasteiger partial charge in [0.2, 0.25) is 0 Å². The second kappa shape index (κ2) is 7.71. The molecule has 1 rings (SSSR count). The maximum absolute atomic E-state index is 10.9. The molecule has 0 aromatic heterocycles. The Balaban J connectivity index is 2.41. The Hall–Kier alpha value is -1.55. The molecule has 1 atom stereocenters. The SMILES string of the molecule is CCOc1ccc(C(O)CCCC(=O)OC)cc1. The molecule has 0 bridgehead atoms. The summed E-state index contributed by atoms with van der Waals surface area (Å²) < 4.78 is 9.87. The molecular weight excluding hydrogens is 232 g/mol. The van der Waals surface area contributed by atoms with Crippen LogP contribution in [0.1, 0.15) is 37.9 Å². The van der Waals surface area contributed by atoms with Gasteiger partial charge in [-0.15, -0.1) is 0 Å². The largest absolute Gasteiger partial charge is 0.494 e. The van der Waals surface area contributed by atoms with Gasteiger partial charge in [-0.25, -0.2) is 0 Å². The van der Waals surface area contributed by atoms with Gasteiger partial charge in [0.15, 0.2) is 0 Å². The Morgan fingerprint density at radius 2 is 2.00 bits per heavy atom. The van der Waals surface area contributed by atoms with Gasteiger partial charge in [-0.2, -0.15) is 0 Å². The molecule has 100 valence electrons. The lowest BCUT2D eigenvalue weighted by Crippen LogP contribution is -2.03. The van der Waals surface area contributed by atoms with E-state index in [1.165, 1.54) is 7.11 Å². The van der Waals surface area contributed by atoms with Crippen LogP contribution in [0.2, 0.25) is 0 Å². The van der Waals surface area contributed by atoms with Crippen LogP contribution in [0, 0.1) is 0 Å². The van der Waals surface area contributed by atoms with Gasteiger partial charge < -0.3 is 14.6 Å². The van der Waals surface area contributed by atoms with Crippen LogP contribution in [-0.2, 0) is 9.53 Å². The highest BCUT2D eigenvalue weighted by Gasteiger charge is 2.09. The molecule has 0 aliphatic carbocycles. The standard InChI is InChI=1S/C14H20O4/c1-3-18-12-9-7-11(8-10-12)13(15)5-4-6-14(16)17-2/h7-10,13,15H,3-6H2,1-2H3. The van der Waals surface area contributed by atoms with E-state index in [9.17, 15) is 9.90 Å². The second-order valence-corrected chi connectivity index (χ2v) is 3.99. The highest BCUT2D eigenvalue weighted by molar-refractivity contribution is 5.68. The number of carbonyl (C=O) groups is 1. The van der Waals surface area contributed by atoms with Crippen LogP contribution in [0.15, 0.2) is 24.3 Å². The van der Waals surface area contributed by atoms with Crippen molar-refractivity contribution in [1.29, 1.82) is 0 Å². The quantitative estimate of drug-likeness (QED) is 0.757. The van der Waals surface area contributed by atoms with Crippen LogP contribution in [0.5, 0.6) is 5.75 Å². The topological polar surface area (TPSA) is 55.8 Å². The Bertz CT molecular complexity index is 359. The zero-order valence-corrected chi connectivity index (χ0v) is 10.9. The average molecular weight is 252 g/mol. The number of rotatable bonds is 7. The molecule has 1 N–H and O–H groups in total. The first-order chi connectivity index (χ1) is 8.67. The van der Waals surface area contributed by atoms with E-state index in [0.717, 1.165) is 11.3 Å². The van der Waals surface area contributed by atoms with E-state index < -0.39 is 6.10 Å². The molecule has 0 fully saturated rings. The van der Waals surface area contributed by atoms with Crippen LogP contribution >= 0.6 is 0 Å². The van der Waals surface area contributed by atoms with Crippen LogP contribution in [0.4, 0.5) is 0 Å². The Labute approximate surface area is 108 Å². The molecule has 1 aromatic carbocycles. The van der Waals surface area contributed by atoms with E-state index >= 15 is 0 Å². The van der Waals surface area contributed by atoms with E-state index in [1.54, 1.807) is 0 Å².